The van der Waals surface area contributed by atoms with Crippen molar-refractivity contribution >= 4 is 109 Å². The Kier molecular flexibility index (Phi) is 5.34. The van der Waals surface area contributed by atoms with Crippen LogP contribution in [0.5, 0.6) is 0 Å². The average Bonchev–Trinajstić information content (AvgIpc) is 3.98. The second-order valence-corrected chi connectivity index (χ2v) is 14.3. The van der Waals surface area contributed by atoms with Gasteiger partial charge in [0, 0.05) is 43.1 Å². The highest BCUT2D eigenvalue weighted by Crippen LogP contribution is 2.47. The van der Waals surface area contributed by atoms with Crippen LogP contribution >= 0.6 is 0 Å². The molecule has 0 atom stereocenters. The third-order valence-electron chi connectivity index (χ3n) is 11.5. The molecule has 4 heterocycles. The van der Waals surface area contributed by atoms with Gasteiger partial charge in [-0.05, 0) is 104 Å². The summed E-state index contributed by atoms with van der Waals surface area (Å²) < 4.78 is 25.6. The van der Waals surface area contributed by atoms with Crippen LogP contribution in [0.25, 0.3) is 132 Å². The minimum Gasteiger partial charge on any atom is -0.456 e. The van der Waals surface area contributed by atoms with Gasteiger partial charge in [-0.3, -0.25) is 0 Å². The molecule has 0 aliphatic carbocycles. The van der Waals surface area contributed by atoms with Gasteiger partial charge in [0.2, 0.25) is 0 Å². The molecule has 0 aliphatic rings. The first kappa shape index (κ1) is 28.3. The zero-order valence-electron chi connectivity index (χ0n) is 28.6. The van der Waals surface area contributed by atoms with Crippen molar-refractivity contribution in [2.75, 3.05) is 0 Å². The molecular formula is C50H26O4. The van der Waals surface area contributed by atoms with Gasteiger partial charge in [-0.2, -0.15) is 0 Å². The van der Waals surface area contributed by atoms with Crippen LogP contribution in [-0.2, 0) is 0 Å². The maximum absolute atomic E-state index is 6.62. The third-order valence-corrected chi connectivity index (χ3v) is 11.5. The normalized spacial score (nSPS) is 12.4. The molecule has 0 aliphatic heterocycles. The van der Waals surface area contributed by atoms with Crippen molar-refractivity contribution < 1.29 is 17.7 Å². The fourth-order valence-electron chi connectivity index (χ4n) is 9.23. The molecule has 4 nitrogen and oxygen atoms in total. The summed E-state index contributed by atoms with van der Waals surface area (Å²) in [4.78, 5) is 0. The monoisotopic (exact) mass is 690 g/mol. The molecule has 13 rings (SSSR count). The van der Waals surface area contributed by atoms with Gasteiger partial charge in [0.05, 0.1) is 0 Å². The number of furan rings is 4. The number of benzene rings is 9. The topological polar surface area (TPSA) is 52.6 Å². The molecule has 4 heteroatoms. The van der Waals surface area contributed by atoms with Crippen LogP contribution in [0.2, 0.25) is 0 Å². The minimum absolute atomic E-state index is 0.855. The molecule has 250 valence electrons. The van der Waals surface area contributed by atoms with E-state index in [1.165, 1.54) is 32.7 Å². The molecule has 0 bridgehead atoms. The molecule has 0 fully saturated rings. The second kappa shape index (κ2) is 10.2. The Hall–Kier alpha value is -7.30. The molecular weight excluding hydrogens is 665 g/mol. The predicted molar refractivity (Wildman–Crippen MR) is 221 cm³/mol. The summed E-state index contributed by atoms with van der Waals surface area (Å²) in [6.07, 6.45) is 0. The average molecular weight is 691 g/mol. The van der Waals surface area contributed by atoms with E-state index in [1.807, 2.05) is 48.5 Å². The van der Waals surface area contributed by atoms with E-state index in [2.05, 4.69) is 109 Å². The summed E-state index contributed by atoms with van der Waals surface area (Å²) in [6, 6.07) is 55.4. The number of hydrogen-bond donors (Lipinski definition) is 0. The van der Waals surface area contributed by atoms with Gasteiger partial charge in [-0.15, -0.1) is 0 Å². The first-order chi connectivity index (χ1) is 26.8. The second-order valence-electron chi connectivity index (χ2n) is 14.3. The van der Waals surface area contributed by atoms with E-state index < -0.39 is 0 Å². The molecule has 4 aromatic heterocycles. The van der Waals surface area contributed by atoms with E-state index in [1.54, 1.807) is 0 Å². The van der Waals surface area contributed by atoms with E-state index in [9.17, 15) is 0 Å². The molecule has 0 N–H and O–H groups in total. The van der Waals surface area contributed by atoms with Gasteiger partial charge in [0.1, 0.15) is 44.7 Å². The molecule has 0 amide bonds. The van der Waals surface area contributed by atoms with Crippen molar-refractivity contribution in [3.8, 4) is 22.3 Å². The van der Waals surface area contributed by atoms with Crippen LogP contribution < -0.4 is 0 Å². The maximum atomic E-state index is 6.62. The quantitative estimate of drug-likeness (QED) is 0.169. The number of para-hydroxylation sites is 2. The first-order valence-corrected chi connectivity index (χ1v) is 18.2. The van der Waals surface area contributed by atoms with Gasteiger partial charge in [0.15, 0.2) is 0 Å². The zero-order valence-corrected chi connectivity index (χ0v) is 28.6. The van der Waals surface area contributed by atoms with Crippen molar-refractivity contribution in [3.05, 3.63) is 158 Å². The van der Waals surface area contributed by atoms with Crippen LogP contribution in [-0.4, -0.2) is 0 Å². The van der Waals surface area contributed by atoms with Gasteiger partial charge in [-0.25, -0.2) is 0 Å². The molecule has 0 radical (unpaired) electrons. The Labute approximate surface area is 306 Å². The number of fused-ring (bicyclic) bond motifs is 16. The van der Waals surface area contributed by atoms with Crippen LogP contribution in [0.3, 0.4) is 0 Å². The third kappa shape index (κ3) is 3.66. The largest absolute Gasteiger partial charge is 0.456 e. The van der Waals surface area contributed by atoms with Crippen molar-refractivity contribution in [1.29, 1.82) is 0 Å². The Morgan fingerprint density at radius 2 is 0.556 bits per heavy atom. The van der Waals surface area contributed by atoms with Gasteiger partial charge in [0.25, 0.3) is 0 Å². The number of rotatable bonds is 2. The molecule has 54 heavy (non-hydrogen) atoms. The molecule has 0 unspecified atom stereocenters. The van der Waals surface area contributed by atoms with Crippen LogP contribution in [0, 0.1) is 0 Å². The standard InChI is InChI=1S/C50H26O4/c1-3-11-31-29(9-1)45(27-18-20-39-36(25-27)50-43(53-39)24-22-41-48(50)34-14-6-8-16-38(34)52-41)30-10-2-4-12-32(30)46(31)28-17-19-35-44(26-28)54-42-23-21-40-47(49(35)42)33-13-5-7-15-37(33)51-40/h1-26H. The Morgan fingerprint density at radius 3 is 1.06 bits per heavy atom. The van der Waals surface area contributed by atoms with E-state index in [4.69, 9.17) is 17.7 Å². The van der Waals surface area contributed by atoms with Crippen LogP contribution in [0.1, 0.15) is 0 Å². The SMILES string of the molecule is c1ccc2c(c1)oc1ccc3oc4cc(-c5c6ccccc6c(-c6ccc7oc8ccc9oc%10ccccc%10c9c8c7c6)c6ccccc56)ccc4c3c12. The lowest BCUT2D eigenvalue weighted by Gasteiger charge is -2.17. The highest BCUT2D eigenvalue weighted by Gasteiger charge is 2.22. The van der Waals surface area contributed by atoms with Gasteiger partial charge in [-0.1, -0.05) is 97.1 Å². The zero-order chi connectivity index (χ0) is 35.1. The van der Waals surface area contributed by atoms with E-state index in [-0.39, 0.29) is 0 Å². The summed E-state index contributed by atoms with van der Waals surface area (Å²) >= 11 is 0. The van der Waals surface area contributed by atoms with Crippen molar-refractivity contribution in [3.63, 3.8) is 0 Å². The highest BCUT2D eigenvalue weighted by atomic mass is 16.3. The lowest BCUT2D eigenvalue weighted by atomic mass is 9.85. The lowest BCUT2D eigenvalue weighted by molar-refractivity contribution is 0.663. The van der Waals surface area contributed by atoms with Gasteiger partial charge >= 0.3 is 0 Å². The van der Waals surface area contributed by atoms with Crippen molar-refractivity contribution in [2.24, 2.45) is 0 Å². The predicted octanol–water partition coefficient (Wildman–Crippen LogP) is 14.9. The lowest BCUT2D eigenvalue weighted by Crippen LogP contribution is -1.90. The van der Waals surface area contributed by atoms with Crippen molar-refractivity contribution in [1.82, 2.24) is 0 Å². The first-order valence-electron chi connectivity index (χ1n) is 18.2. The highest BCUT2D eigenvalue weighted by molar-refractivity contribution is 6.29. The summed E-state index contributed by atoms with van der Waals surface area (Å²) in [7, 11) is 0. The molecule has 0 saturated heterocycles. The minimum atomic E-state index is 0.855. The molecule has 13 aromatic rings. The Bertz CT molecular complexity index is 3680. The van der Waals surface area contributed by atoms with E-state index in [0.717, 1.165) is 98.9 Å². The Balaban J connectivity index is 1.07. The fraction of sp³-hybridized carbons (Fsp3) is 0. The molecule has 9 aromatic carbocycles. The summed E-state index contributed by atoms with van der Waals surface area (Å²) in [5.41, 5.74) is 11.5. The van der Waals surface area contributed by atoms with Crippen molar-refractivity contribution in [2.45, 2.75) is 0 Å². The van der Waals surface area contributed by atoms with Crippen LogP contribution in [0.15, 0.2) is 175 Å². The van der Waals surface area contributed by atoms with E-state index >= 15 is 0 Å². The smallest absolute Gasteiger partial charge is 0.136 e. The molecule has 0 spiro atoms. The summed E-state index contributed by atoms with van der Waals surface area (Å²) in [6.45, 7) is 0. The van der Waals surface area contributed by atoms with E-state index in [0.29, 0.717) is 0 Å². The fourth-order valence-corrected chi connectivity index (χ4v) is 9.23. The molecule has 0 saturated carbocycles. The maximum Gasteiger partial charge on any atom is 0.136 e. The summed E-state index contributed by atoms with van der Waals surface area (Å²) in [5, 5.41) is 13.5. The Morgan fingerprint density at radius 1 is 0.222 bits per heavy atom. The van der Waals surface area contributed by atoms with Gasteiger partial charge < -0.3 is 17.7 Å². The van der Waals surface area contributed by atoms with Crippen LogP contribution in [0.4, 0.5) is 0 Å². The summed E-state index contributed by atoms with van der Waals surface area (Å²) in [5.74, 6) is 0. The number of hydrogen-bond acceptors (Lipinski definition) is 4.